The summed E-state index contributed by atoms with van der Waals surface area (Å²) < 4.78 is 3.00. The number of hydrogen-bond donors (Lipinski definition) is 3. The number of imide groups is 1. The van der Waals surface area contributed by atoms with Gasteiger partial charge in [-0.15, -0.1) is 0 Å². The Morgan fingerprint density at radius 3 is 2.44 bits per heavy atom. The number of anilines is 1. The molecule has 3 N–H and O–H groups in total. The number of carboxylic acids is 1. The quantitative estimate of drug-likeness (QED) is 0.527. The predicted molar refractivity (Wildman–Crippen MR) is 130 cm³/mol. The zero-order valence-corrected chi connectivity index (χ0v) is 20.2. The van der Waals surface area contributed by atoms with Gasteiger partial charge >= 0.3 is 11.7 Å². The first-order chi connectivity index (χ1) is 17.2. The van der Waals surface area contributed by atoms with E-state index in [1.807, 2.05) is 18.2 Å². The number of para-hydroxylation sites is 1. The van der Waals surface area contributed by atoms with Crippen LogP contribution in [0.3, 0.4) is 0 Å². The van der Waals surface area contributed by atoms with Crippen LogP contribution < -0.4 is 16.3 Å². The van der Waals surface area contributed by atoms with Crippen molar-refractivity contribution in [1.82, 2.24) is 19.4 Å². The van der Waals surface area contributed by atoms with Crippen LogP contribution in [0.4, 0.5) is 5.69 Å². The molecule has 192 valence electrons. The monoisotopic (exact) mass is 497 g/mol. The molecule has 36 heavy (non-hydrogen) atoms. The Balaban J connectivity index is 1.29. The fourth-order valence-electron chi connectivity index (χ4n) is 5.91. The van der Waals surface area contributed by atoms with Gasteiger partial charge in [0.05, 0.1) is 22.6 Å². The summed E-state index contributed by atoms with van der Waals surface area (Å²) in [6.45, 7) is 0.806. The molecule has 2 aliphatic heterocycles. The van der Waals surface area contributed by atoms with Gasteiger partial charge in [-0.05, 0) is 50.7 Å². The van der Waals surface area contributed by atoms with Crippen LogP contribution in [0.15, 0.2) is 23.0 Å². The molecule has 3 heterocycles. The van der Waals surface area contributed by atoms with E-state index in [2.05, 4.69) is 10.6 Å². The van der Waals surface area contributed by atoms with Gasteiger partial charge in [0.1, 0.15) is 6.04 Å². The van der Waals surface area contributed by atoms with E-state index in [0.29, 0.717) is 30.5 Å². The number of aliphatic carboxylic acids is 1. The summed E-state index contributed by atoms with van der Waals surface area (Å²) in [6.07, 6.45) is 3.99. The van der Waals surface area contributed by atoms with Crippen molar-refractivity contribution in [3.63, 3.8) is 0 Å². The zero-order chi connectivity index (χ0) is 25.6. The van der Waals surface area contributed by atoms with E-state index in [1.165, 1.54) is 9.13 Å². The number of benzene rings is 1. The second-order valence-corrected chi connectivity index (χ2v) is 10.2. The van der Waals surface area contributed by atoms with Gasteiger partial charge in [-0.25, -0.2) is 4.79 Å². The van der Waals surface area contributed by atoms with E-state index >= 15 is 0 Å². The van der Waals surface area contributed by atoms with Crippen molar-refractivity contribution in [2.75, 3.05) is 18.4 Å². The number of rotatable bonds is 5. The minimum atomic E-state index is -0.840. The van der Waals surface area contributed by atoms with Crippen LogP contribution in [0.1, 0.15) is 51.0 Å². The molecule has 2 aromatic rings. The largest absolute Gasteiger partial charge is 0.481 e. The lowest BCUT2D eigenvalue weighted by Gasteiger charge is -2.31. The van der Waals surface area contributed by atoms with Gasteiger partial charge in [0.15, 0.2) is 0 Å². The van der Waals surface area contributed by atoms with Gasteiger partial charge in [-0.1, -0.05) is 6.07 Å². The minimum Gasteiger partial charge on any atom is -0.481 e. The Labute approximate surface area is 207 Å². The lowest BCUT2D eigenvalue weighted by atomic mass is 9.85. The molecule has 11 heteroatoms. The van der Waals surface area contributed by atoms with Gasteiger partial charge < -0.3 is 15.3 Å². The fourth-order valence-corrected chi connectivity index (χ4v) is 5.91. The number of amides is 3. The summed E-state index contributed by atoms with van der Waals surface area (Å²) in [5, 5.41) is 15.1. The van der Waals surface area contributed by atoms with Gasteiger partial charge in [-0.2, -0.15) is 0 Å². The summed E-state index contributed by atoms with van der Waals surface area (Å²) in [7, 11) is 1.67. The van der Waals surface area contributed by atoms with Gasteiger partial charge in [-0.3, -0.25) is 33.6 Å². The number of piperidine rings is 1. The molecule has 3 amide bonds. The average molecular weight is 498 g/mol. The van der Waals surface area contributed by atoms with Crippen molar-refractivity contribution < 1.29 is 24.3 Å². The highest BCUT2D eigenvalue weighted by Gasteiger charge is 2.36. The summed E-state index contributed by atoms with van der Waals surface area (Å²) >= 11 is 0. The number of nitrogens with one attached hydrogen (secondary N) is 2. The summed E-state index contributed by atoms with van der Waals surface area (Å²) in [5.41, 5.74) is 1.81. The first kappa shape index (κ1) is 24.1. The number of carbonyl (C=O) groups is 4. The topological polar surface area (TPSA) is 143 Å². The third kappa shape index (κ3) is 4.27. The Kier molecular flexibility index (Phi) is 6.31. The van der Waals surface area contributed by atoms with E-state index in [4.69, 9.17) is 0 Å². The molecule has 1 saturated carbocycles. The summed E-state index contributed by atoms with van der Waals surface area (Å²) in [4.78, 5) is 63.0. The van der Waals surface area contributed by atoms with Gasteiger partial charge in [0, 0.05) is 38.5 Å². The van der Waals surface area contributed by atoms with E-state index in [0.717, 1.165) is 31.4 Å². The number of imidazole rings is 1. The highest BCUT2D eigenvalue weighted by Crippen LogP contribution is 2.32. The molecule has 1 aromatic heterocycles. The first-order valence-corrected chi connectivity index (χ1v) is 12.6. The van der Waals surface area contributed by atoms with E-state index in [1.54, 1.807) is 11.9 Å². The lowest BCUT2D eigenvalue weighted by molar-refractivity contribution is -0.142. The molecule has 1 aliphatic carbocycles. The Bertz CT molecular complexity index is 1290. The summed E-state index contributed by atoms with van der Waals surface area (Å²) in [5.74, 6) is -2.13. The smallest absolute Gasteiger partial charge is 0.329 e. The SMILES string of the molecule is Cn1c(=O)n(C2CCC(=O)NC2=O)c2cccc(N[C@H]3CC[C@H](C(=O)N4CC[C@@H](C(=O)O)C4)CC3)c21. The minimum absolute atomic E-state index is 0.0583. The average Bonchev–Trinajstić information content (AvgIpc) is 3.44. The number of aryl methyl sites for hydroxylation is 1. The lowest BCUT2D eigenvalue weighted by Crippen LogP contribution is -2.44. The van der Waals surface area contributed by atoms with Crippen LogP contribution in [0.25, 0.3) is 11.0 Å². The highest BCUT2D eigenvalue weighted by atomic mass is 16.4. The van der Waals surface area contributed by atoms with Crippen molar-refractivity contribution in [3.05, 3.63) is 28.7 Å². The van der Waals surface area contributed by atoms with Gasteiger partial charge in [0.2, 0.25) is 17.7 Å². The molecule has 0 radical (unpaired) electrons. The number of carboxylic acid groups (broad SMARTS) is 1. The van der Waals surface area contributed by atoms with Gasteiger partial charge in [0.25, 0.3) is 0 Å². The van der Waals surface area contributed by atoms with Crippen LogP contribution in [0, 0.1) is 11.8 Å². The van der Waals surface area contributed by atoms with Crippen LogP contribution in [0.5, 0.6) is 0 Å². The standard InChI is InChI=1S/C25H31N5O6/c1-28-21-17(3-2-4-18(21)30(25(28)36)19-9-10-20(31)27-22(19)32)26-16-7-5-14(6-8-16)23(33)29-12-11-15(13-29)24(34)35/h2-4,14-16,19,26H,5-13H2,1H3,(H,34,35)(H,27,31,32)/t14-,15-,16-,19?/m1/s1. The van der Waals surface area contributed by atoms with E-state index in [-0.39, 0.29) is 42.3 Å². The molecular weight excluding hydrogens is 466 g/mol. The maximum atomic E-state index is 13.1. The number of carbonyl (C=O) groups excluding carboxylic acids is 3. The zero-order valence-electron chi connectivity index (χ0n) is 20.2. The Morgan fingerprint density at radius 2 is 1.78 bits per heavy atom. The third-order valence-electron chi connectivity index (χ3n) is 7.91. The molecule has 1 unspecified atom stereocenters. The van der Waals surface area contributed by atoms with Crippen molar-refractivity contribution in [1.29, 1.82) is 0 Å². The molecule has 3 fully saturated rings. The van der Waals surface area contributed by atoms with Crippen LogP contribution in [-0.4, -0.2) is 62.0 Å². The maximum absolute atomic E-state index is 13.1. The molecular formula is C25H31N5O6. The molecule has 2 saturated heterocycles. The van der Waals surface area contributed by atoms with Crippen molar-refractivity contribution in [2.24, 2.45) is 18.9 Å². The van der Waals surface area contributed by atoms with E-state index < -0.39 is 23.8 Å². The number of hydrogen-bond acceptors (Lipinski definition) is 6. The second-order valence-electron chi connectivity index (χ2n) is 10.2. The first-order valence-electron chi connectivity index (χ1n) is 12.6. The Morgan fingerprint density at radius 1 is 1.03 bits per heavy atom. The molecule has 1 aromatic carbocycles. The van der Waals surface area contributed by atoms with Crippen molar-refractivity contribution in [2.45, 2.75) is 57.0 Å². The second kappa shape index (κ2) is 9.44. The molecule has 2 atom stereocenters. The van der Waals surface area contributed by atoms with Crippen molar-refractivity contribution in [3.8, 4) is 0 Å². The predicted octanol–water partition coefficient (Wildman–Crippen LogP) is 1.22. The fraction of sp³-hybridized carbons (Fsp3) is 0.560. The van der Waals surface area contributed by atoms with Crippen LogP contribution >= 0.6 is 0 Å². The van der Waals surface area contributed by atoms with Crippen molar-refractivity contribution >= 4 is 40.4 Å². The van der Waals surface area contributed by atoms with Crippen LogP contribution in [-0.2, 0) is 26.2 Å². The molecule has 0 bridgehead atoms. The number of fused-ring (bicyclic) bond motifs is 1. The number of likely N-dealkylation sites (tertiary alicyclic amines) is 1. The Hall–Kier alpha value is -3.63. The number of nitrogens with zero attached hydrogens (tertiary/aromatic N) is 3. The maximum Gasteiger partial charge on any atom is 0.329 e. The number of aromatic nitrogens is 2. The summed E-state index contributed by atoms with van der Waals surface area (Å²) in [6, 6.07) is 4.94. The third-order valence-corrected chi connectivity index (χ3v) is 7.91. The normalized spacial score (nSPS) is 26.8. The molecule has 0 spiro atoms. The van der Waals surface area contributed by atoms with E-state index in [9.17, 15) is 29.1 Å². The highest BCUT2D eigenvalue weighted by molar-refractivity contribution is 6.00. The molecule has 5 rings (SSSR count). The molecule has 3 aliphatic rings. The molecule has 11 nitrogen and oxygen atoms in total. The van der Waals surface area contributed by atoms with Crippen LogP contribution in [0.2, 0.25) is 0 Å².